The molecule has 6 heteroatoms. The van der Waals surface area contributed by atoms with Crippen molar-refractivity contribution in [2.45, 2.75) is 20.3 Å². The molecule has 0 heterocycles. The van der Waals surface area contributed by atoms with Gasteiger partial charge >= 0.3 is 5.97 Å². The van der Waals surface area contributed by atoms with Crippen LogP contribution in [0.15, 0.2) is 46.9 Å². The van der Waals surface area contributed by atoms with E-state index in [2.05, 4.69) is 28.2 Å². The predicted molar refractivity (Wildman–Crippen MR) is 99.8 cm³/mol. The van der Waals surface area contributed by atoms with E-state index in [0.717, 1.165) is 16.5 Å². The van der Waals surface area contributed by atoms with E-state index in [9.17, 15) is 9.59 Å². The van der Waals surface area contributed by atoms with Gasteiger partial charge in [0.15, 0.2) is 13.2 Å². The van der Waals surface area contributed by atoms with E-state index in [0.29, 0.717) is 11.4 Å². The summed E-state index contributed by atoms with van der Waals surface area (Å²) in [6.07, 6.45) is 0.933. The van der Waals surface area contributed by atoms with Gasteiger partial charge in [0.25, 0.3) is 5.91 Å². The number of halogens is 1. The summed E-state index contributed by atoms with van der Waals surface area (Å²) < 4.78 is 11.0. The molecule has 0 bridgehead atoms. The average molecular weight is 406 g/mol. The molecule has 0 radical (unpaired) electrons. The first-order valence-corrected chi connectivity index (χ1v) is 8.70. The molecule has 5 nitrogen and oxygen atoms in total. The molecule has 2 aromatic rings. The molecular weight excluding hydrogens is 386 g/mol. The van der Waals surface area contributed by atoms with Gasteiger partial charge in [-0.1, -0.05) is 25.1 Å². The Morgan fingerprint density at radius 1 is 1.08 bits per heavy atom. The summed E-state index contributed by atoms with van der Waals surface area (Å²) in [7, 11) is 0. The Hall–Kier alpha value is -2.34. The van der Waals surface area contributed by atoms with Gasteiger partial charge in [0.1, 0.15) is 5.75 Å². The van der Waals surface area contributed by atoms with Crippen LogP contribution in [-0.4, -0.2) is 25.1 Å². The van der Waals surface area contributed by atoms with Crippen LogP contribution in [0.4, 0.5) is 5.69 Å². The Morgan fingerprint density at radius 2 is 1.80 bits per heavy atom. The molecule has 0 aliphatic rings. The quantitative estimate of drug-likeness (QED) is 0.709. The molecule has 2 aromatic carbocycles. The Balaban J connectivity index is 1.74. The zero-order valence-electron chi connectivity index (χ0n) is 14.2. The summed E-state index contributed by atoms with van der Waals surface area (Å²) in [5.74, 6) is -0.457. The third-order valence-corrected chi connectivity index (χ3v) is 4.06. The fourth-order valence-electron chi connectivity index (χ4n) is 2.07. The van der Waals surface area contributed by atoms with Crippen LogP contribution < -0.4 is 10.1 Å². The Kier molecular flexibility index (Phi) is 7.01. The second-order valence-electron chi connectivity index (χ2n) is 5.48. The number of esters is 1. The highest BCUT2D eigenvalue weighted by molar-refractivity contribution is 9.10. The van der Waals surface area contributed by atoms with E-state index in [-0.39, 0.29) is 13.2 Å². The van der Waals surface area contributed by atoms with Crippen molar-refractivity contribution in [3.8, 4) is 5.75 Å². The number of nitrogens with one attached hydrogen (secondary N) is 1. The number of benzene rings is 2. The molecule has 0 atom stereocenters. The van der Waals surface area contributed by atoms with Crippen molar-refractivity contribution in [1.29, 1.82) is 0 Å². The minimum Gasteiger partial charge on any atom is -0.481 e. The summed E-state index contributed by atoms with van der Waals surface area (Å²) >= 11 is 3.37. The first-order valence-electron chi connectivity index (χ1n) is 7.91. The van der Waals surface area contributed by atoms with Gasteiger partial charge in [0.2, 0.25) is 0 Å². The SMILES string of the molecule is CCc1ccc(NC(=O)COC(=O)COc2ccc(C)cc2Br)cc1. The van der Waals surface area contributed by atoms with Crippen LogP contribution in [0, 0.1) is 6.92 Å². The summed E-state index contributed by atoms with van der Waals surface area (Å²) in [5.41, 5.74) is 2.92. The standard InChI is InChI=1S/C19H20BrNO4/c1-3-14-5-7-15(8-6-14)21-18(22)11-25-19(23)12-24-17-9-4-13(2)10-16(17)20/h4-10H,3,11-12H2,1-2H3,(H,21,22). The summed E-state index contributed by atoms with van der Waals surface area (Å²) in [4.78, 5) is 23.5. The minimum atomic E-state index is -0.607. The van der Waals surface area contributed by atoms with Crippen molar-refractivity contribution < 1.29 is 19.1 Å². The number of hydrogen-bond donors (Lipinski definition) is 1. The zero-order chi connectivity index (χ0) is 18.2. The lowest BCUT2D eigenvalue weighted by Gasteiger charge is -2.09. The largest absolute Gasteiger partial charge is 0.481 e. The average Bonchev–Trinajstić information content (AvgIpc) is 2.60. The van der Waals surface area contributed by atoms with Crippen molar-refractivity contribution in [2.24, 2.45) is 0 Å². The third kappa shape index (κ3) is 6.23. The molecule has 0 saturated heterocycles. The monoisotopic (exact) mass is 405 g/mol. The van der Waals surface area contributed by atoms with Crippen LogP contribution in [0.1, 0.15) is 18.1 Å². The summed E-state index contributed by atoms with van der Waals surface area (Å²) in [6.45, 7) is 3.40. The second-order valence-corrected chi connectivity index (χ2v) is 6.34. The molecule has 1 amide bonds. The Morgan fingerprint density at radius 3 is 2.44 bits per heavy atom. The zero-order valence-corrected chi connectivity index (χ0v) is 15.8. The highest BCUT2D eigenvalue weighted by atomic mass is 79.9. The van der Waals surface area contributed by atoms with E-state index >= 15 is 0 Å². The van der Waals surface area contributed by atoms with Gasteiger partial charge < -0.3 is 14.8 Å². The molecule has 0 spiro atoms. The smallest absolute Gasteiger partial charge is 0.344 e. The number of amides is 1. The lowest BCUT2D eigenvalue weighted by molar-refractivity contribution is -0.149. The highest BCUT2D eigenvalue weighted by Gasteiger charge is 2.10. The number of aryl methyl sites for hydroxylation is 2. The number of anilines is 1. The van der Waals surface area contributed by atoms with Crippen molar-refractivity contribution in [3.05, 3.63) is 58.1 Å². The topological polar surface area (TPSA) is 64.6 Å². The normalized spacial score (nSPS) is 10.2. The fourth-order valence-corrected chi connectivity index (χ4v) is 2.68. The van der Waals surface area contributed by atoms with E-state index in [4.69, 9.17) is 9.47 Å². The maximum absolute atomic E-state index is 11.8. The molecule has 0 unspecified atom stereocenters. The van der Waals surface area contributed by atoms with Crippen LogP contribution >= 0.6 is 15.9 Å². The van der Waals surface area contributed by atoms with Crippen LogP contribution in [0.5, 0.6) is 5.75 Å². The van der Waals surface area contributed by atoms with E-state index < -0.39 is 11.9 Å². The van der Waals surface area contributed by atoms with Crippen molar-refractivity contribution in [2.75, 3.05) is 18.5 Å². The molecule has 0 aliphatic carbocycles. The van der Waals surface area contributed by atoms with E-state index in [1.54, 1.807) is 6.07 Å². The number of carbonyl (C=O) groups excluding carboxylic acids is 2. The molecule has 0 aliphatic heterocycles. The van der Waals surface area contributed by atoms with Gasteiger partial charge in [-0.3, -0.25) is 4.79 Å². The molecule has 0 fully saturated rings. The van der Waals surface area contributed by atoms with Crippen LogP contribution in [0.2, 0.25) is 0 Å². The predicted octanol–water partition coefficient (Wildman–Crippen LogP) is 3.88. The molecule has 25 heavy (non-hydrogen) atoms. The van der Waals surface area contributed by atoms with E-state index in [1.165, 1.54) is 5.56 Å². The maximum atomic E-state index is 11.8. The van der Waals surface area contributed by atoms with Gasteiger partial charge in [0.05, 0.1) is 4.47 Å². The number of rotatable bonds is 7. The lowest BCUT2D eigenvalue weighted by Crippen LogP contribution is -2.23. The molecule has 1 N–H and O–H groups in total. The van der Waals surface area contributed by atoms with Gasteiger partial charge in [-0.25, -0.2) is 4.79 Å². The van der Waals surface area contributed by atoms with Gasteiger partial charge in [0, 0.05) is 5.69 Å². The number of ether oxygens (including phenoxy) is 2. The summed E-state index contributed by atoms with van der Waals surface area (Å²) in [6, 6.07) is 13.0. The fraction of sp³-hybridized carbons (Fsp3) is 0.263. The van der Waals surface area contributed by atoms with Gasteiger partial charge in [-0.05, 0) is 64.7 Å². The highest BCUT2D eigenvalue weighted by Crippen LogP contribution is 2.25. The van der Waals surface area contributed by atoms with Crippen LogP contribution in [0.25, 0.3) is 0 Å². The first-order chi connectivity index (χ1) is 12.0. The van der Waals surface area contributed by atoms with Gasteiger partial charge in [-0.2, -0.15) is 0 Å². The van der Waals surface area contributed by atoms with Crippen LogP contribution in [-0.2, 0) is 20.7 Å². The lowest BCUT2D eigenvalue weighted by atomic mass is 10.1. The Bertz CT molecular complexity index is 744. The van der Waals surface area contributed by atoms with Crippen molar-refractivity contribution in [1.82, 2.24) is 0 Å². The van der Waals surface area contributed by atoms with Crippen molar-refractivity contribution in [3.63, 3.8) is 0 Å². The molecule has 132 valence electrons. The van der Waals surface area contributed by atoms with Gasteiger partial charge in [-0.15, -0.1) is 0 Å². The number of hydrogen-bond acceptors (Lipinski definition) is 4. The first kappa shape index (κ1) is 19.0. The van der Waals surface area contributed by atoms with Crippen LogP contribution in [0.3, 0.4) is 0 Å². The molecular formula is C19H20BrNO4. The molecule has 0 aromatic heterocycles. The van der Waals surface area contributed by atoms with Crippen molar-refractivity contribution >= 4 is 33.5 Å². The maximum Gasteiger partial charge on any atom is 0.344 e. The summed E-state index contributed by atoms with van der Waals surface area (Å²) in [5, 5.41) is 2.67. The minimum absolute atomic E-state index is 0.264. The third-order valence-electron chi connectivity index (χ3n) is 3.44. The molecule has 0 saturated carbocycles. The van der Waals surface area contributed by atoms with E-state index in [1.807, 2.05) is 43.3 Å². The molecule has 2 rings (SSSR count). The number of carbonyl (C=O) groups is 2. The second kappa shape index (κ2) is 9.22. The Labute approximate surface area is 155 Å².